The van der Waals surface area contributed by atoms with Gasteiger partial charge < -0.3 is 5.32 Å². The first-order chi connectivity index (χ1) is 4.22. The lowest BCUT2D eigenvalue weighted by atomic mass is 10.9. The third-order valence-electron chi connectivity index (χ3n) is 0.823. The molecule has 0 amide bonds. The molecule has 3 nitrogen and oxygen atoms in total. The highest BCUT2D eigenvalue weighted by Crippen LogP contribution is 1.84. The van der Waals surface area contributed by atoms with Crippen molar-refractivity contribution in [3.63, 3.8) is 0 Å². The van der Waals surface area contributed by atoms with Crippen LogP contribution in [0.25, 0.3) is 0 Å². The van der Waals surface area contributed by atoms with Gasteiger partial charge in [-0.05, 0) is 19.1 Å². The van der Waals surface area contributed by atoms with Crippen LogP contribution >= 0.6 is 12.2 Å². The highest BCUT2D eigenvalue weighted by atomic mass is 32.1. The number of hydroxylamine groups is 2. The Bertz CT molecular complexity index is 97.0. The zero-order chi connectivity index (χ0) is 7.28. The van der Waals surface area contributed by atoms with E-state index in [0.717, 1.165) is 0 Å². The zero-order valence-electron chi connectivity index (χ0n) is 5.97. The molecule has 0 bridgehead atoms. The summed E-state index contributed by atoms with van der Waals surface area (Å²) in [6.45, 7) is 2.55. The summed E-state index contributed by atoms with van der Waals surface area (Å²) in [6, 6.07) is 0. The summed E-state index contributed by atoms with van der Waals surface area (Å²) in [4.78, 5) is 5.02. The van der Waals surface area contributed by atoms with E-state index in [1.807, 2.05) is 6.92 Å². The van der Waals surface area contributed by atoms with Gasteiger partial charge in [0, 0.05) is 14.1 Å². The molecule has 0 aromatic rings. The number of nitrogens with zero attached hydrogens (tertiary/aromatic N) is 1. The van der Waals surface area contributed by atoms with Crippen molar-refractivity contribution in [2.24, 2.45) is 0 Å². The molecule has 0 heterocycles. The molecule has 0 unspecified atom stereocenters. The van der Waals surface area contributed by atoms with Gasteiger partial charge in [0.05, 0.1) is 6.61 Å². The van der Waals surface area contributed by atoms with Crippen molar-refractivity contribution in [1.82, 2.24) is 10.4 Å². The van der Waals surface area contributed by atoms with Crippen LogP contribution in [-0.2, 0) is 4.84 Å². The van der Waals surface area contributed by atoms with Crippen LogP contribution in [0.2, 0.25) is 0 Å². The van der Waals surface area contributed by atoms with Gasteiger partial charge >= 0.3 is 0 Å². The molecular weight excluding hydrogens is 136 g/mol. The van der Waals surface area contributed by atoms with E-state index >= 15 is 0 Å². The molecule has 0 radical (unpaired) electrons. The predicted octanol–water partition coefficient (Wildman–Crippen LogP) is 0.374. The fourth-order valence-corrected chi connectivity index (χ4v) is 0.462. The van der Waals surface area contributed by atoms with E-state index in [4.69, 9.17) is 17.1 Å². The van der Waals surface area contributed by atoms with Crippen molar-refractivity contribution < 1.29 is 4.84 Å². The Labute approximate surface area is 60.9 Å². The van der Waals surface area contributed by atoms with Crippen LogP contribution in [0, 0.1) is 0 Å². The molecule has 0 fully saturated rings. The second-order valence-electron chi connectivity index (χ2n) is 1.47. The van der Waals surface area contributed by atoms with Gasteiger partial charge in [0.15, 0.2) is 5.11 Å². The Kier molecular flexibility index (Phi) is 4.35. The lowest BCUT2D eigenvalue weighted by molar-refractivity contribution is -0.0729. The fourth-order valence-electron chi connectivity index (χ4n) is 0.410. The van der Waals surface area contributed by atoms with Crippen LogP contribution in [0.3, 0.4) is 0 Å². The van der Waals surface area contributed by atoms with Gasteiger partial charge in [0.2, 0.25) is 0 Å². The Hall–Kier alpha value is -0.350. The monoisotopic (exact) mass is 148 g/mol. The van der Waals surface area contributed by atoms with Crippen molar-refractivity contribution in [1.29, 1.82) is 0 Å². The van der Waals surface area contributed by atoms with Crippen molar-refractivity contribution in [2.45, 2.75) is 6.92 Å². The number of hydrogen-bond acceptors (Lipinski definition) is 2. The summed E-state index contributed by atoms with van der Waals surface area (Å²) in [5.74, 6) is 0. The first kappa shape index (κ1) is 8.65. The molecule has 0 aromatic carbocycles. The second kappa shape index (κ2) is 4.52. The maximum absolute atomic E-state index is 5.02. The maximum atomic E-state index is 5.02. The minimum atomic E-state index is 0.594. The first-order valence-electron chi connectivity index (χ1n) is 2.80. The lowest BCUT2D eigenvalue weighted by Crippen LogP contribution is -2.34. The van der Waals surface area contributed by atoms with Crippen LogP contribution in [0.4, 0.5) is 0 Å². The van der Waals surface area contributed by atoms with Gasteiger partial charge in [0.1, 0.15) is 0 Å². The van der Waals surface area contributed by atoms with E-state index in [2.05, 4.69) is 5.32 Å². The highest BCUT2D eigenvalue weighted by Gasteiger charge is 1.97. The molecule has 9 heavy (non-hydrogen) atoms. The molecule has 0 saturated heterocycles. The summed E-state index contributed by atoms with van der Waals surface area (Å²) in [5.41, 5.74) is 0. The third-order valence-corrected chi connectivity index (χ3v) is 1.28. The van der Waals surface area contributed by atoms with Gasteiger partial charge in [-0.1, -0.05) is 0 Å². The normalized spacial score (nSPS) is 8.78. The van der Waals surface area contributed by atoms with E-state index in [-0.39, 0.29) is 0 Å². The van der Waals surface area contributed by atoms with E-state index in [0.29, 0.717) is 11.7 Å². The smallest absolute Gasteiger partial charge is 0.192 e. The summed E-state index contributed by atoms with van der Waals surface area (Å²) >= 11 is 4.83. The number of thiocarbonyl (C=S) groups is 1. The van der Waals surface area contributed by atoms with Gasteiger partial charge in [0.25, 0.3) is 0 Å². The second-order valence-corrected chi connectivity index (χ2v) is 1.86. The molecule has 54 valence electrons. The van der Waals surface area contributed by atoms with Crippen molar-refractivity contribution in [3.8, 4) is 0 Å². The molecule has 1 N–H and O–H groups in total. The van der Waals surface area contributed by atoms with Crippen molar-refractivity contribution in [2.75, 3.05) is 20.7 Å². The number of nitrogens with one attached hydrogen (secondary N) is 1. The van der Waals surface area contributed by atoms with Crippen LogP contribution in [0.15, 0.2) is 0 Å². The summed E-state index contributed by atoms with van der Waals surface area (Å²) in [5, 5.41) is 4.90. The number of rotatable bonds is 2. The molecule has 0 atom stereocenters. The average molecular weight is 148 g/mol. The Balaban J connectivity index is 3.45. The minimum absolute atomic E-state index is 0.594. The quantitative estimate of drug-likeness (QED) is 0.452. The van der Waals surface area contributed by atoms with Crippen molar-refractivity contribution in [3.05, 3.63) is 0 Å². The average Bonchev–Trinajstić information content (AvgIpc) is 1.87. The first-order valence-corrected chi connectivity index (χ1v) is 3.21. The van der Waals surface area contributed by atoms with Gasteiger partial charge in [-0.2, -0.15) is 0 Å². The molecule has 0 aliphatic heterocycles. The third kappa shape index (κ3) is 3.26. The van der Waals surface area contributed by atoms with Crippen LogP contribution in [0.5, 0.6) is 0 Å². The standard InChI is InChI=1S/C5H12N2OS/c1-4-8-7(3)5(9)6-2/h4H2,1-3H3,(H,6,9). The molecular formula is C5H12N2OS. The Morgan fingerprint density at radius 3 is 2.67 bits per heavy atom. The topological polar surface area (TPSA) is 24.5 Å². The largest absolute Gasteiger partial charge is 0.364 e. The SMILES string of the molecule is CCON(C)C(=S)NC. The summed E-state index contributed by atoms with van der Waals surface area (Å²) in [6.07, 6.45) is 0. The van der Waals surface area contributed by atoms with Crippen LogP contribution < -0.4 is 5.32 Å². The lowest BCUT2D eigenvalue weighted by Gasteiger charge is -2.16. The van der Waals surface area contributed by atoms with Gasteiger partial charge in [-0.25, -0.2) is 5.06 Å². The maximum Gasteiger partial charge on any atom is 0.192 e. The Morgan fingerprint density at radius 2 is 2.33 bits per heavy atom. The summed E-state index contributed by atoms with van der Waals surface area (Å²) in [7, 11) is 3.53. The highest BCUT2D eigenvalue weighted by molar-refractivity contribution is 7.80. The fraction of sp³-hybridized carbons (Fsp3) is 0.800. The van der Waals surface area contributed by atoms with E-state index in [9.17, 15) is 0 Å². The summed E-state index contributed by atoms with van der Waals surface area (Å²) < 4.78 is 0. The molecule has 0 aliphatic carbocycles. The molecule has 0 saturated carbocycles. The molecule has 0 aliphatic rings. The Morgan fingerprint density at radius 1 is 1.78 bits per heavy atom. The molecule has 0 spiro atoms. The molecule has 4 heteroatoms. The number of hydrogen-bond donors (Lipinski definition) is 1. The minimum Gasteiger partial charge on any atom is -0.364 e. The van der Waals surface area contributed by atoms with E-state index < -0.39 is 0 Å². The molecule has 0 rings (SSSR count). The van der Waals surface area contributed by atoms with Crippen LogP contribution in [0.1, 0.15) is 6.92 Å². The van der Waals surface area contributed by atoms with Crippen molar-refractivity contribution >= 4 is 17.3 Å². The van der Waals surface area contributed by atoms with E-state index in [1.54, 1.807) is 14.1 Å². The van der Waals surface area contributed by atoms with Gasteiger partial charge in [-0.3, -0.25) is 4.84 Å². The predicted molar refractivity (Wildman–Crippen MR) is 41.0 cm³/mol. The van der Waals surface area contributed by atoms with Crippen LogP contribution in [-0.4, -0.2) is 30.9 Å². The van der Waals surface area contributed by atoms with E-state index in [1.165, 1.54) is 5.06 Å². The molecule has 0 aromatic heterocycles. The van der Waals surface area contributed by atoms with Gasteiger partial charge in [-0.15, -0.1) is 0 Å². The zero-order valence-corrected chi connectivity index (χ0v) is 6.79.